The van der Waals surface area contributed by atoms with E-state index in [1.54, 1.807) is 0 Å². The molecule has 19 heavy (non-hydrogen) atoms. The zero-order valence-electron chi connectivity index (χ0n) is 11.5. The highest BCUT2D eigenvalue weighted by Gasteiger charge is 2.41. The second-order valence-corrected chi connectivity index (χ2v) is 5.68. The monoisotopic (exact) mass is 279 g/mol. The van der Waals surface area contributed by atoms with Crippen LogP contribution in [-0.4, -0.2) is 27.2 Å². The molecule has 0 bridgehead atoms. The van der Waals surface area contributed by atoms with Crippen molar-refractivity contribution in [1.29, 1.82) is 0 Å². The number of hydrogen-bond donors (Lipinski definition) is 0. The number of aromatic nitrogens is 3. The SMILES string of the molecule is Cc1ccc2nc(CCl)n(C3(C)CCOC3C)c2n1. The van der Waals surface area contributed by atoms with E-state index in [1.807, 2.05) is 19.1 Å². The smallest absolute Gasteiger partial charge is 0.160 e. The van der Waals surface area contributed by atoms with Gasteiger partial charge in [0.25, 0.3) is 0 Å². The molecule has 102 valence electrons. The summed E-state index contributed by atoms with van der Waals surface area (Å²) >= 11 is 6.08. The summed E-state index contributed by atoms with van der Waals surface area (Å²) in [5.41, 5.74) is 2.68. The van der Waals surface area contributed by atoms with Crippen molar-refractivity contribution in [2.75, 3.05) is 6.61 Å². The lowest BCUT2D eigenvalue weighted by Gasteiger charge is -2.31. The van der Waals surface area contributed by atoms with Crippen LogP contribution in [0.15, 0.2) is 12.1 Å². The van der Waals surface area contributed by atoms with Gasteiger partial charge in [-0.05, 0) is 39.3 Å². The van der Waals surface area contributed by atoms with Gasteiger partial charge in [-0.2, -0.15) is 0 Å². The molecule has 1 aliphatic rings. The Balaban J connectivity index is 2.29. The van der Waals surface area contributed by atoms with Gasteiger partial charge in [0.2, 0.25) is 0 Å². The molecule has 2 aromatic heterocycles. The minimum absolute atomic E-state index is 0.125. The van der Waals surface area contributed by atoms with Gasteiger partial charge in [-0.25, -0.2) is 9.97 Å². The summed E-state index contributed by atoms with van der Waals surface area (Å²) in [5.74, 6) is 1.26. The number of rotatable bonds is 2. The van der Waals surface area contributed by atoms with Crippen LogP contribution in [0.25, 0.3) is 11.2 Å². The topological polar surface area (TPSA) is 39.9 Å². The number of hydrogen-bond acceptors (Lipinski definition) is 3. The molecule has 0 aromatic carbocycles. The van der Waals surface area contributed by atoms with Gasteiger partial charge in [0.05, 0.1) is 17.5 Å². The summed E-state index contributed by atoms with van der Waals surface area (Å²) in [4.78, 5) is 9.26. The standard InChI is InChI=1S/C14H18ClN3O/c1-9-4-5-11-13(16-9)18(12(8-15)17-11)14(3)6-7-19-10(14)2/h4-5,10H,6-8H2,1-3H3. The Morgan fingerprint density at radius 2 is 2.26 bits per heavy atom. The fraction of sp³-hybridized carbons (Fsp3) is 0.571. The summed E-state index contributed by atoms with van der Waals surface area (Å²) in [5, 5.41) is 0. The Labute approximate surface area is 117 Å². The zero-order valence-corrected chi connectivity index (χ0v) is 12.2. The van der Waals surface area contributed by atoms with Crippen LogP contribution in [0.5, 0.6) is 0 Å². The molecule has 0 N–H and O–H groups in total. The number of aryl methyl sites for hydroxylation is 1. The predicted molar refractivity (Wildman–Crippen MR) is 75.5 cm³/mol. The molecule has 4 nitrogen and oxygen atoms in total. The summed E-state index contributed by atoms with van der Waals surface area (Å²) in [6, 6.07) is 3.99. The highest BCUT2D eigenvalue weighted by Crippen LogP contribution is 2.36. The van der Waals surface area contributed by atoms with E-state index in [2.05, 4.69) is 28.4 Å². The normalized spacial score (nSPS) is 27.3. The third kappa shape index (κ3) is 1.85. The Kier molecular flexibility index (Phi) is 3.02. The minimum Gasteiger partial charge on any atom is -0.376 e. The maximum atomic E-state index is 6.08. The quantitative estimate of drug-likeness (QED) is 0.794. The summed E-state index contributed by atoms with van der Waals surface area (Å²) in [6.45, 7) is 7.07. The van der Waals surface area contributed by atoms with E-state index >= 15 is 0 Å². The lowest BCUT2D eigenvalue weighted by atomic mass is 9.94. The number of ether oxygens (including phenoxy) is 1. The van der Waals surface area contributed by atoms with E-state index in [1.165, 1.54) is 0 Å². The van der Waals surface area contributed by atoms with Crippen LogP contribution in [0.3, 0.4) is 0 Å². The maximum Gasteiger partial charge on any atom is 0.160 e. The molecular weight excluding hydrogens is 262 g/mol. The van der Waals surface area contributed by atoms with Crippen molar-refractivity contribution >= 4 is 22.8 Å². The first-order valence-corrected chi connectivity index (χ1v) is 7.13. The van der Waals surface area contributed by atoms with Crippen LogP contribution >= 0.6 is 11.6 Å². The van der Waals surface area contributed by atoms with Gasteiger partial charge < -0.3 is 9.30 Å². The summed E-state index contributed by atoms with van der Waals surface area (Å²) < 4.78 is 7.93. The number of fused-ring (bicyclic) bond motifs is 1. The van der Waals surface area contributed by atoms with E-state index in [-0.39, 0.29) is 11.6 Å². The molecule has 2 aromatic rings. The summed E-state index contributed by atoms with van der Waals surface area (Å²) in [6.07, 6.45) is 1.09. The first-order chi connectivity index (χ1) is 9.06. The van der Waals surface area contributed by atoms with Crippen molar-refractivity contribution < 1.29 is 4.74 Å². The highest BCUT2D eigenvalue weighted by atomic mass is 35.5. The second-order valence-electron chi connectivity index (χ2n) is 5.41. The lowest BCUT2D eigenvalue weighted by molar-refractivity contribution is 0.0764. The van der Waals surface area contributed by atoms with Crippen molar-refractivity contribution in [3.8, 4) is 0 Å². The van der Waals surface area contributed by atoms with E-state index < -0.39 is 0 Å². The molecule has 5 heteroatoms. The average Bonchev–Trinajstić information content (AvgIpc) is 2.91. The fourth-order valence-electron chi connectivity index (χ4n) is 2.84. The van der Waals surface area contributed by atoms with Crippen LogP contribution in [0.1, 0.15) is 31.8 Å². The molecule has 0 spiro atoms. The van der Waals surface area contributed by atoms with Gasteiger partial charge in [-0.3, -0.25) is 0 Å². The van der Waals surface area contributed by atoms with Gasteiger partial charge in [-0.1, -0.05) is 0 Å². The van der Waals surface area contributed by atoms with Gasteiger partial charge in [0.1, 0.15) is 11.3 Å². The second kappa shape index (κ2) is 4.46. The number of nitrogens with zero attached hydrogens (tertiary/aromatic N) is 3. The highest BCUT2D eigenvalue weighted by molar-refractivity contribution is 6.16. The molecule has 1 aliphatic heterocycles. The Morgan fingerprint density at radius 1 is 1.47 bits per heavy atom. The van der Waals surface area contributed by atoms with Crippen LogP contribution < -0.4 is 0 Å². The first kappa shape index (κ1) is 12.9. The van der Waals surface area contributed by atoms with Crippen molar-refractivity contribution in [3.05, 3.63) is 23.7 Å². The Morgan fingerprint density at radius 3 is 2.89 bits per heavy atom. The van der Waals surface area contributed by atoms with E-state index in [0.29, 0.717) is 5.88 Å². The van der Waals surface area contributed by atoms with Crippen molar-refractivity contribution in [2.24, 2.45) is 0 Å². The molecule has 3 rings (SSSR count). The molecular formula is C14H18ClN3O. The number of imidazole rings is 1. The largest absolute Gasteiger partial charge is 0.376 e. The molecule has 0 aliphatic carbocycles. The Hall–Kier alpha value is -1.13. The third-order valence-corrected chi connectivity index (χ3v) is 4.43. The molecule has 0 radical (unpaired) electrons. The number of halogens is 1. The van der Waals surface area contributed by atoms with Crippen LogP contribution in [0.4, 0.5) is 0 Å². The van der Waals surface area contributed by atoms with Crippen molar-refractivity contribution in [1.82, 2.24) is 14.5 Å². The number of alkyl halides is 1. The van der Waals surface area contributed by atoms with Gasteiger partial charge >= 0.3 is 0 Å². The molecule has 0 saturated carbocycles. The van der Waals surface area contributed by atoms with Crippen molar-refractivity contribution in [3.63, 3.8) is 0 Å². The molecule has 2 unspecified atom stereocenters. The zero-order chi connectivity index (χ0) is 13.6. The molecule has 3 heterocycles. The molecule has 2 atom stereocenters. The lowest BCUT2D eigenvalue weighted by Crippen LogP contribution is -2.38. The molecule has 0 amide bonds. The minimum atomic E-state index is -0.125. The fourth-order valence-corrected chi connectivity index (χ4v) is 3.02. The maximum absolute atomic E-state index is 6.08. The molecule has 1 saturated heterocycles. The number of pyridine rings is 1. The Bertz CT molecular complexity index is 624. The van der Waals surface area contributed by atoms with Gasteiger partial charge in [0.15, 0.2) is 5.65 Å². The predicted octanol–water partition coefficient (Wildman–Crippen LogP) is 3.00. The van der Waals surface area contributed by atoms with Crippen LogP contribution in [-0.2, 0) is 16.2 Å². The average molecular weight is 280 g/mol. The van der Waals surface area contributed by atoms with E-state index in [0.717, 1.165) is 35.7 Å². The molecule has 1 fully saturated rings. The third-order valence-electron chi connectivity index (χ3n) is 4.20. The van der Waals surface area contributed by atoms with E-state index in [4.69, 9.17) is 16.3 Å². The summed E-state index contributed by atoms with van der Waals surface area (Å²) in [7, 11) is 0. The van der Waals surface area contributed by atoms with Gasteiger partial charge in [0, 0.05) is 12.3 Å². The first-order valence-electron chi connectivity index (χ1n) is 6.59. The van der Waals surface area contributed by atoms with Crippen LogP contribution in [0.2, 0.25) is 0 Å². The van der Waals surface area contributed by atoms with Crippen molar-refractivity contribution in [2.45, 2.75) is 44.7 Å². The van der Waals surface area contributed by atoms with E-state index in [9.17, 15) is 0 Å². The van der Waals surface area contributed by atoms with Gasteiger partial charge in [-0.15, -0.1) is 11.6 Å². The van der Waals surface area contributed by atoms with Crippen LogP contribution in [0, 0.1) is 6.92 Å².